The lowest BCUT2D eigenvalue weighted by molar-refractivity contribution is -0.300. The molecule has 6 rings (SSSR count). The Morgan fingerprint density at radius 1 is 0.946 bits per heavy atom. The third-order valence-corrected chi connectivity index (χ3v) is 12.8. The predicted octanol–water partition coefficient (Wildman–Crippen LogP) is 3.81. The summed E-state index contributed by atoms with van der Waals surface area (Å²) in [4.78, 5) is 11.6. The molecule has 6 fully saturated rings. The monoisotopic (exact) mass is 520 g/mol. The van der Waals surface area contributed by atoms with Crippen molar-refractivity contribution in [3.63, 3.8) is 0 Å². The van der Waals surface area contributed by atoms with Crippen molar-refractivity contribution in [3.8, 4) is 0 Å². The topological polar surface area (TPSA) is 105 Å². The molecule has 2 aliphatic heterocycles. The van der Waals surface area contributed by atoms with Crippen molar-refractivity contribution in [1.29, 1.82) is 0 Å². The first-order valence-electron chi connectivity index (χ1n) is 14.7. The van der Waals surface area contributed by atoms with Crippen LogP contribution in [0.4, 0.5) is 0 Å². The molecule has 0 bridgehead atoms. The number of esters is 1. The zero-order chi connectivity index (χ0) is 26.9. The maximum atomic E-state index is 12.2. The van der Waals surface area contributed by atoms with Gasteiger partial charge in [0.25, 0.3) is 0 Å². The van der Waals surface area contributed by atoms with Crippen LogP contribution in [-0.4, -0.2) is 62.7 Å². The minimum absolute atomic E-state index is 0.0803. The number of aliphatic hydroxyl groups is 3. The van der Waals surface area contributed by atoms with Crippen LogP contribution >= 0.6 is 0 Å². The zero-order valence-corrected chi connectivity index (χ0v) is 23.7. The fourth-order valence-corrected chi connectivity index (χ4v) is 11.0. The van der Waals surface area contributed by atoms with Crippen LogP contribution in [-0.2, 0) is 19.0 Å². The second-order valence-corrected chi connectivity index (χ2v) is 15.1. The summed E-state index contributed by atoms with van der Waals surface area (Å²) in [6.45, 7) is 14.2. The molecule has 3 N–H and O–H groups in total. The van der Waals surface area contributed by atoms with Gasteiger partial charge >= 0.3 is 5.97 Å². The van der Waals surface area contributed by atoms with Crippen molar-refractivity contribution in [3.05, 3.63) is 0 Å². The van der Waals surface area contributed by atoms with Gasteiger partial charge in [-0.25, -0.2) is 0 Å². The van der Waals surface area contributed by atoms with Gasteiger partial charge in [0.05, 0.1) is 23.9 Å². The Hall–Kier alpha value is -0.730. The van der Waals surface area contributed by atoms with E-state index in [1.165, 1.54) is 6.92 Å². The quantitative estimate of drug-likeness (QED) is 0.452. The maximum absolute atomic E-state index is 12.2. The molecule has 0 radical (unpaired) electrons. The van der Waals surface area contributed by atoms with Gasteiger partial charge in [-0.15, -0.1) is 0 Å². The van der Waals surface area contributed by atoms with Gasteiger partial charge in [0.1, 0.15) is 11.7 Å². The third-order valence-electron chi connectivity index (χ3n) is 12.8. The summed E-state index contributed by atoms with van der Waals surface area (Å²) in [5.41, 5.74) is -1.97. The van der Waals surface area contributed by atoms with Crippen molar-refractivity contribution in [1.82, 2.24) is 0 Å². The molecular weight excluding hydrogens is 472 g/mol. The molecule has 2 heterocycles. The number of carbonyl (C=O) groups is 1. The van der Waals surface area contributed by atoms with E-state index in [0.29, 0.717) is 43.4 Å². The highest BCUT2D eigenvalue weighted by atomic mass is 16.7. The van der Waals surface area contributed by atoms with E-state index in [9.17, 15) is 20.1 Å². The van der Waals surface area contributed by atoms with E-state index in [1.54, 1.807) is 0 Å². The number of aliphatic hydroxyl groups excluding tert-OH is 2. The molecule has 0 aromatic heterocycles. The van der Waals surface area contributed by atoms with Gasteiger partial charge in [0.15, 0.2) is 5.79 Å². The summed E-state index contributed by atoms with van der Waals surface area (Å²) in [6, 6.07) is 0. The molecule has 4 saturated carbocycles. The largest absolute Gasteiger partial charge is 0.460 e. The first-order chi connectivity index (χ1) is 17.1. The van der Waals surface area contributed by atoms with E-state index in [-0.39, 0.29) is 46.3 Å². The van der Waals surface area contributed by atoms with Gasteiger partial charge in [-0.05, 0) is 99.7 Å². The van der Waals surface area contributed by atoms with Gasteiger partial charge in [0, 0.05) is 19.3 Å². The second-order valence-electron chi connectivity index (χ2n) is 15.1. The molecule has 7 heteroatoms. The molecule has 210 valence electrons. The Bertz CT molecular complexity index is 964. The minimum Gasteiger partial charge on any atom is -0.460 e. The molecule has 2 saturated heterocycles. The van der Waals surface area contributed by atoms with Crippen molar-refractivity contribution in [2.45, 2.75) is 135 Å². The van der Waals surface area contributed by atoms with Crippen LogP contribution in [0.2, 0.25) is 0 Å². The zero-order valence-electron chi connectivity index (χ0n) is 23.7. The fraction of sp³-hybridized carbons (Fsp3) is 0.967. The van der Waals surface area contributed by atoms with Crippen molar-refractivity contribution < 1.29 is 34.3 Å². The van der Waals surface area contributed by atoms with E-state index in [1.807, 2.05) is 6.92 Å². The Kier molecular flexibility index (Phi) is 5.68. The fourth-order valence-electron chi connectivity index (χ4n) is 11.0. The van der Waals surface area contributed by atoms with Crippen molar-refractivity contribution >= 4 is 5.97 Å². The van der Waals surface area contributed by atoms with Gasteiger partial charge in [-0.3, -0.25) is 4.79 Å². The molecule has 6 aliphatic rings. The average Bonchev–Trinajstić information content (AvgIpc) is 3.25. The number of hydrogen-bond acceptors (Lipinski definition) is 7. The molecule has 37 heavy (non-hydrogen) atoms. The summed E-state index contributed by atoms with van der Waals surface area (Å²) >= 11 is 0. The lowest BCUT2D eigenvalue weighted by Crippen LogP contribution is -2.63. The van der Waals surface area contributed by atoms with Crippen molar-refractivity contribution in [2.24, 2.45) is 46.3 Å². The Balaban J connectivity index is 1.29. The summed E-state index contributed by atoms with van der Waals surface area (Å²) in [7, 11) is 0. The normalized spacial score (nSPS) is 59.9. The molecule has 0 aromatic rings. The molecule has 14 atom stereocenters. The smallest absolute Gasteiger partial charge is 0.302 e. The third kappa shape index (κ3) is 3.39. The predicted molar refractivity (Wildman–Crippen MR) is 136 cm³/mol. The van der Waals surface area contributed by atoms with E-state index < -0.39 is 29.7 Å². The SMILES string of the molecule is CC(=O)OC1CC2CCC3C4CC5OC6(CC(C)C(C)(C)O6)C(C)(O)C5C4(C)CC(O)C3C2(C)CC1O. The summed E-state index contributed by atoms with van der Waals surface area (Å²) in [5.74, 6) is -0.133. The van der Waals surface area contributed by atoms with Crippen LogP contribution in [0, 0.1) is 46.3 Å². The number of fused-ring (bicyclic) bond motifs is 7. The molecule has 7 nitrogen and oxygen atoms in total. The summed E-state index contributed by atoms with van der Waals surface area (Å²) < 4.78 is 18.8. The maximum Gasteiger partial charge on any atom is 0.302 e. The van der Waals surface area contributed by atoms with E-state index in [0.717, 1.165) is 19.3 Å². The Morgan fingerprint density at radius 2 is 1.62 bits per heavy atom. The highest BCUT2D eigenvalue weighted by Gasteiger charge is 2.77. The molecule has 0 amide bonds. The number of carbonyl (C=O) groups excluding carboxylic acids is 1. The van der Waals surface area contributed by atoms with Crippen LogP contribution in [0.15, 0.2) is 0 Å². The van der Waals surface area contributed by atoms with Crippen LogP contribution in [0.5, 0.6) is 0 Å². The van der Waals surface area contributed by atoms with Gasteiger partial charge < -0.3 is 29.5 Å². The van der Waals surface area contributed by atoms with Crippen molar-refractivity contribution in [2.75, 3.05) is 0 Å². The number of ether oxygens (including phenoxy) is 3. The van der Waals surface area contributed by atoms with E-state index in [2.05, 4.69) is 34.6 Å². The lowest BCUT2D eigenvalue weighted by atomic mass is 9.43. The van der Waals surface area contributed by atoms with Gasteiger partial charge in [0.2, 0.25) is 0 Å². The summed E-state index contributed by atoms with van der Waals surface area (Å²) in [6.07, 6.45) is 3.64. The average molecular weight is 521 g/mol. The van der Waals surface area contributed by atoms with Crippen LogP contribution < -0.4 is 0 Å². The molecule has 4 aliphatic carbocycles. The highest BCUT2D eigenvalue weighted by Crippen LogP contribution is 2.72. The summed E-state index contributed by atoms with van der Waals surface area (Å²) in [5, 5.41) is 35.1. The number of rotatable bonds is 1. The molecular formula is C30H48O7. The first-order valence-corrected chi connectivity index (χ1v) is 14.7. The number of hydrogen-bond donors (Lipinski definition) is 3. The molecule has 1 spiro atoms. The van der Waals surface area contributed by atoms with E-state index in [4.69, 9.17) is 14.2 Å². The standard InChI is InChI=1S/C30H48O7/c1-15-12-30(37-26(15,3)4)29(7,34)25-23(36-30)11-19-18-9-8-17-10-22(35-16(2)31)20(32)13-27(17,5)24(18)21(33)14-28(19,25)6/h15,17-25,32-34H,8-14H2,1-7H3. The Labute approximate surface area is 221 Å². The van der Waals surface area contributed by atoms with Crippen LogP contribution in [0.3, 0.4) is 0 Å². The van der Waals surface area contributed by atoms with Gasteiger partial charge in [-0.2, -0.15) is 0 Å². The van der Waals surface area contributed by atoms with Gasteiger partial charge in [-0.1, -0.05) is 20.8 Å². The highest BCUT2D eigenvalue weighted by molar-refractivity contribution is 5.66. The molecule has 14 unspecified atom stereocenters. The first kappa shape index (κ1) is 26.5. The van der Waals surface area contributed by atoms with Crippen LogP contribution in [0.1, 0.15) is 93.4 Å². The lowest BCUT2D eigenvalue weighted by Gasteiger charge is -2.63. The van der Waals surface area contributed by atoms with E-state index >= 15 is 0 Å². The van der Waals surface area contributed by atoms with Crippen LogP contribution in [0.25, 0.3) is 0 Å². The Morgan fingerprint density at radius 3 is 2.24 bits per heavy atom. The second kappa shape index (κ2) is 7.93. The molecule has 0 aromatic carbocycles. The minimum atomic E-state index is -1.14.